The van der Waals surface area contributed by atoms with Crippen LogP contribution in [0.15, 0.2) is 0 Å². The Morgan fingerprint density at radius 1 is 1.27 bits per heavy atom. The molecule has 0 amide bonds. The van der Waals surface area contributed by atoms with Gasteiger partial charge in [-0.15, -0.1) is 0 Å². The zero-order valence-electron chi connectivity index (χ0n) is 6.39. The monoisotopic (exact) mass is 202 g/mol. The summed E-state index contributed by atoms with van der Waals surface area (Å²) in [5, 5.41) is 0. The van der Waals surface area contributed by atoms with Gasteiger partial charge in [0.2, 0.25) is 0 Å². The Bertz CT molecular complexity index is 140. The number of unbranched alkanes of at least 4 members (excludes halogenated alkanes) is 2. The molecule has 11 heavy (non-hydrogen) atoms. The van der Waals surface area contributed by atoms with Crippen LogP contribution in [0.25, 0.3) is 0 Å². The average Bonchev–Trinajstić information content (AvgIpc) is 1.79. The first-order valence-electron chi connectivity index (χ1n) is 3.22. The summed E-state index contributed by atoms with van der Waals surface area (Å²) in [6.07, 6.45) is 3.92. The molecule has 0 aliphatic rings. The molecule has 0 fully saturated rings. The van der Waals surface area contributed by atoms with Crippen LogP contribution in [0.1, 0.15) is 26.2 Å². The van der Waals surface area contributed by atoms with Crippen LogP contribution in [-0.2, 0) is 10.4 Å². The molecule has 0 aliphatic heterocycles. The summed E-state index contributed by atoms with van der Waals surface area (Å²) in [5.41, 5.74) is 0. The second-order valence-electron chi connectivity index (χ2n) is 1.88. The quantitative estimate of drug-likeness (QED) is 0.368. The maximum absolute atomic E-state index is 8.74. The molecule has 0 saturated heterocycles. The Balaban J connectivity index is 0. The molecular weight excluding hydrogens is 188 g/mol. The van der Waals surface area contributed by atoms with Crippen LogP contribution in [0, 0.1) is 0 Å². The predicted molar refractivity (Wildman–Crippen MR) is 47.6 cm³/mol. The van der Waals surface area contributed by atoms with Crippen molar-refractivity contribution in [2.24, 2.45) is 0 Å². The zero-order valence-corrected chi connectivity index (χ0v) is 8.11. The van der Waals surface area contributed by atoms with Crippen molar-refractivity contribution < 1.29 is 17.5 Å². The summed E-state index contributed by atoms with van der Waals surface area (Å²) >= 11 is 4.05. The number of rotatable bonds is 3. The summed E-state index contributed by atoms with van der Waals surface area (Å²) in [5.74, 6) is 1.05. The number of hydrogen-bond donors (Lipinski definition) is 3. The lowest BCUT2D eigenvalue weighted by atomic mass is 10.3. The van der Waals surface area contributed by atoms with E-state index in [4.69, 9.17) is 17.5 Å². The van der Waals surface area contributed by atoms with Crippen LogP contribution in [0.3, 0.4) is 0 Å². The fourth-order valence-electron chi connectivity index (χ4n) is 0.362. The molecule has 0 atom stereocenters. The standard InChI is InChI=1S/C5H12S.H2O4S/c1-2-3-4-5-6;1-5(2,3)4/h6H,2-5H2,1H3;(H2,1,2,3,4). The van der Waals surface area contributed by atoms with E-state index in [2.05, 4.69) is 19.6 Å². The summed E-state index contributed by atoms with van der Waals surface area (Å²) in [7, 11) is -4.67. The Morgan fingerprint density at radius 2 is 1.64 bits per heavy atom. The van der Waals surface area contributed by atoms with Crippen molar-refractivity contribution in [2.45, 2.75) is 26.2 Å². The van der Waals surface area contributed by atoms with E-state index in [0.29, 0.717) is 0 Å². The van der Waals surface area contributed by atoms with Crippen molar-refractivity contribution >= 4 is 23.0 Å². The topological polar surface area (TPSA) is 74.6 Å². The normalized spacial score (nSPS) is 10.2. The summed E-state index contributed by atoms with van der Waals surface area (Å²) in [4.78, 5) is 0. The van der Waals surface area contributed by atoms with Gasteiger partial charge in [-0.1, -0.05) is 19.8 Å². The SMILES string of the molecule is CCCCCS.O=S(=O)(O)O. The van der Waals surface area contributed by atoms with Gasteiger partial charge in [-0.05, 0) is 12.2 Å². The highest BCUT2D eigenvalue weighted by Gasteiger charge is 1.84. The molecule has 0 heterocycles. The van der Waals surface area contributed by atoms with Crippen molar-refractivity contribution in [3.05, 3.63) is 0 Å². The first kappa shape index (κ1) is 13.8. The van der Waals surface area contributed by atoms with Crippen molar-refractivity contribution in [1.29, 1.82) is 0 Å². The van der Waals surface area contributed by atoms with Gasteiger partial charge in [0.1, 0.15) is 0 Å². The van der Waals surface area contributed by atoms with E-state index in [9.17, 15) is 0 Å². The summed E-state index contributed by atoms with van der Waals surface area (Å²) in [6, 6.07) is 0. The lowest BCUT2D eigenvalue weighted by Gasteiger charge is -1.85. The molecule has 0 aromatic carbocycles. The second-order valence-corrected chi connectivity index (χ2v) is 3.22. The van der Waals surface area contributed by atoms with Gasteiger partial charge in [0.05, 0.1) is 0 Å². The van der Waals surface area contributed by atoms with Gasteiger partial charge in [-0.3, -0.25) is 9.11 Å². The first-order chi connectivity index (χ1) is 4.91. The molecule has 4 nitrogen and oxygen atoms in total. The molecule has 0 radical (unpaired) electrons. The minimum absolute atomic E-state index is 1.05. The molecule has 0 aliphatic carbocycles. The second kappa shape index (κ2) is 8.32. The van der Waals surface area contributed by atoms with E-state index < -0.39 is 10.4 Å². The maximum atomic E-state index is 8.74. The average molecular weight is 202 g/mol. The first-order valence-corrected chi connectivity index (χ1v) is 5.25. The molecule has 0 aromatic heterocycles. The Labute approximate surface area is 73.0 Å². The van der Waals surface area contributed by atoms with Crippen molar-refractivity contribution in [2.75, 3.05) is 5.75 Å². The minimum atomic E-state index is -4.67. The van der Waals surface area contributed by atoms with Gasteiger partial charge >= 0.3 is 10.4 Å². The highest BCUT2D eigenvalue weighted by atomic mass is 32.3. The van der Waals surface area contributed by atoms with Crippen LogP contribution in [0.4, 0.5) is 0 Å². The fraction of sp³-hybridized carbons (Fsp3) is 1.00. The lowest BCUT2D eigenvalue weighted by Crippen LogP contribution is -1.89. The molecule has 2 N–H and O–H groups in total. The van der Waals surface area contributed by atoms with Gasteiger partial charge < -0.3 is 0 Å². The summed E-state index contributed by atoms with van der Waals surface area (Å²) < 4.78 is 31.6. The van der Waals surface area contributed by atoms with E-state index in [1.54, 1.807) is 0 Å². The Morgan fingerprint density at radius 3 is 1.73 bits per heavy atom. The third-order valence-corrected chi connectivity index (χ3v) is 1.08. The number of thiol groups is 1. The van der Waals surface area contributed by atoms with Gasteiger partial charge in [-0.2, -0.15) is 21.0 Å². The predicted octanol–water partition coefficient (Wildman–Crippen LogP) is 1.45. The molecule has 70 valence electrons. The molecule has 0 spiro atoms. The van der Waals surface area contributed by atoms with E-state index in [1.807, 2.05) is 0 Å². The van der Waals surface area contributed by atoms with Crippen LogP contribution < -0.4 is 0 Å². The fourth-order valence-corrected chi connectivity index (χ4v) is 0.585. The van der Waals surface area contributed by atoms with Crippen LogP contribution in [-0.4, -0.2) is 23.3 Å². The largest absolute Gasteiger partial charge is 0.394 e. The van der Waals surface area contributed by atoms with Gasteiger partial charge in [0.15, 0.2) is 0 Å². The lowest BCUT2D eigenvalue weighted by molar-refractivity contribution is 0.381. The van der Waals surface area contributed by atoms with E-state index in [-0.39, 0.29) is 0 Å². The maximum Gasteiger partial charge on any atom is 0.394 e. The molecule has 0 bridgehead atoms. The molecular formula is C5H14O4S2. The highest BCUT2D eigenvalue weighted by Crippen LogP contribution is 1.93. The number of hydrogen-bond acceptors (Lipinski definition) is 3. The smallest absolute Gasteiger partial charge is 0.264 e. The van der Waals surface area contributed by atoms with Crippen LogP contribution in [0.2, 0.25) is 0 Å². The Kier molecular flexibility index (Phi) is 10.4. The molecule has 0 rings (SSSR count). The highest BCUT2D eigenvalue weighted by molar-refractivity contribution is 7.80. The van der Waals surface area contributed by atoms with Crippen molar-refractivity contribution in [3.8, 4) is 0 Å². The third kappa shape index (κ3) is 66.6. The zero-order chi connectivity index (χ0) is 9.33. The minimum Gasteiger partial charge on any atom is -0.264 e. The molecule has 0 aromatic rings. The van der Waals surface area contributed by atoms with Crippen LogP contribution >= 0.6 is 12.6 Å². The summed E-state index contributed by atoms with van der Waals surface area (Å²) in [6.45, 7) is 2.20. The van der Waals surface area contributed by atoms with E-state index in [0.717, 1.165) is 5.75 Å². The van der Waals surface area contributed by atoms with Gasteiger partial charge in [-0.25, -0.2) is 0 Å². The van der Waals surface area contributed by atoms with Gasteiger partial charge in [0, 0.05) is 0 Å². The molecule has 6 heteroatoms. The van der Waals surface area contributed by atoms with Gasteiger partial charge in [0.25, 0.3) is 0 Å². The molecule has 0 unspecified atom stereocenters. The van der Waals surface area contributed by atoms with Crippen LogP contribution in [0.5, 0.6) is 0 Å². The van der Waals surface area contributed by atoms with E-state index in [1.165, 1.54) is 19.3 Å². The van der Waals surface area contributed by atoms with E-state index >= 15 is 0 Å². The Hall–Kier alpha value is 0.220. The van der Waals surface area contributed by atoms with Crippen molar-refractivity contribution in [3.63, 3.8) is 0 Å². The third-order valence-electron chi connectivity index (χ3n) is 0.762. The molecule has 0 saturated carbocycles. The van der Waals surface area contributed by atoms with Crippen molar-refractivity contribution in [1.82, 2.24) is 0 Å².